The summed E-state index contributed by atoms with van der Waals surface area (Å²) >= 11 is 0. The first-order valence-electron chi connectivity index (χ1n) is 12.2. The number of amides is 1. The van der Waals surface area contributed by atoms with Gasteiger partial charge < -0.3 is 10.4 Å². The van der Waals surface area contributed by atoms with E-state index in [1.54, 1.807) is 7.05 Å². The zero-order valence-electron chi connectivity index (χ0n) is 18.7. The minimum absolute atomic E-state index is 0.0780. The molecule has 9 atom stereocenters. The SMILES string of the molecule is CNC(=O)CCC(C)C1CCC2C3C(O)CC4CCCCC4(C)C3CCC12C. The molecule has 4 saturated carbocycles. The van der Waals surface area contributed by atoms with Gasteiger partial charge in [0, 0.05) is 13.5 Å². The van der Waals surface area contributed by atoms with Crippen molar-refractivity contribution in [2.75, 3.05) is 7.05 Å². The number of fused-ring (bicyclic) bond motifs is 5. The molecule has 0 heterocycles. The fourth-order valence-corrected chi connectivity index (χ4v) is 8.92. The molecule has 3 heteroatoms. The van der Waals surface area contributed by atoms with Crippen LogP contribution in [0.15, 0.2) is 0 Å². The smallest absolute Gasteiger partial charge is 0.219 e. The molecule has 2 N–H and O–H groups in total. The Morgan fingerprint density at radius 1 is 1.07 bits per heavy atom. The van der Waals surface area contributed by atoms with Gasteiger partial charge in [-0.15, -0.1) is 0 Å². The Morgan fingerprint density at radius 2 is 1.82 bits per heavy atom. The second-order valence-electron chi connectivity index (χ2n) is 11.5. The Balaban J connectivity index is 1.53. The predicted octanol–water partition coefficient (Wildman–Crippen LogP) is 5.17. The molecule has 0 aromatic carbocycles. The number of aliphatic hydroxyl groups excluding tert-OH is 1. The van der Waals surface area contributed by atoms with Crippen molar-refractivity contribution in [1.29, 1.82) is 0 Å². The zero-order valence-corrected chi connectivity index (χ0v) is 18.7. The van der Waals surface area contributed by atoms with Crippen LogP contribution in [0.5, 0.6) is 0 Å². The molecule has 0 aromatic heterocycles. The Hall–Kier alpha value is -0.570. The first-order valence-corrected chi connectivity index (χ1v) is 12.2. The first-order chi connectivity index (χ1) is 13.3. The Labute approximate surface area is 172 Å². The van der Waals surface area contributed by atoms with Crippen LogP contribution >= 0.6 is 0 Å². The summed E-state index contributed by atoms with van der Waals surface area (Å²) < 4.78 is 0. The molecular weight excluding hydrogens is 346 g/mol. The Bertz CT molecular complexity index is 591. The fourth-order valence-electron chi connectivity index (χ4n) is 8.92. The van der Waals surface area contributed by atoms with E-state index in [-0.39, 0.29) is 12.0 Å². The molecule has 4 rings (SSSR count). The van der Waals surface area contributed by atoms with Gasteiger partial charge in [0.15, 0.2) is 0 Å². The molecule has 0 radical (unpaired) electrons. The summed E-state index contributed by atoms with van der Waals surface area (Å²) in [6.07, 6.45) is 13.4. The number of carbonyl (C=O) groups excluding carboxylic acids is 1. The van der Waals surface area contributed by atoms with E-state index >= 15 is 0 Å². The second-order valence-corrected chi connectivity index (χ2v) is 11.5. The number of carbonyl (C=O) groups is 1. The highest BCUT2D eigenvalue weighted by atomic mass is 16.3. The predicted molar refractivity (Wildman–Crippen MR) is 114 cm³/mol. The molecule has 0 aliphatic heterocycles. The topological polar surface area (TPSA) is 49.3 Å². The van der Waals surface area contributed by atoms with Crippen LogP contribution in [0, 0.1) is 46.3 Å². The average molecular weight is 390 g/mol. The quantitative estimate of drug-likeness (QED) is 0.697. The van der Waals surface area contributed by atoms with Gasteiger partial charge in [-0.05, 0) is 97.7 Å². The van der Waals surface area contributed by atoms with E-state index in [1.165, 1.54) is 51.4 Å². The molecule has 4 fully saturated rings. The van der Waals surface area contributed by atoms with E-state index in [0.717, 1.165) is 24.7 Å². The van der Waals surface area contributed by atoms with Crippen LogP contribution in [0.4, 0.5) is 0 Å². The molecular formula is C25H43NO2. The van der Waals surface area contributed by atoms with E-state index in [0.29, 0.717) is 40.9 Å². The lowest BCUT2D eigenvalue weighted by atomic mass is 9.44. The van der Waals surface area contributed by atoms with Crippen molar-refractivity contribution in [3.8, 4) is 0 Å². The van der Waals surface area contributed by atoms with Gasteiger partial charge in [-0.3, -0.25) is 4.79 Å². The normalized spacial score (nSPS) is 48.9. The van der Waals surface area contributed by atoms with E-state index < -0.39 is 0 Å². The standard InChI is InChI=1S/C25H43NO2/c1-16(8-11-22(28)26-4)18-9-10-19-23-20(12-14-25(18,19)3)24(2)13-6-5-7-17(24)15-21(23)27/h16-21,23,27H,5-15H2,1-4H3,(H,26,28). The average Bonchev–Trinajstić information content (AvgIpc) is 3.03. The Morgan fingerprint density at radius 3 is 2.57 bits per heavy atom. The van der Waals surface area contributed by atoms with Gasteiger partial charge in [-0.1, -0.05) is 33.6 Å². The minimum Gasteiger partial charge on any atom is -0.393 e. The summed E-state index contributed by atoms with van der Waals surface area (Å²) in [7, 11) is 1.74. The van der Waals surface area contributed by atoms with Gasteiger partial charge >= 0.3 is 0 Å². The lowest BCUT2D eigenvalue weighted by Gasteiger charge is -2.62. The van der Waals surface area contributed by atoms with Gasteiger partial charge in [0.25, 0.3) is 0 Å². The maximum absolute atomic E-state index is 11.7. The van der Waals surface area contributed by atoms with Crippen molar-refractivity contribution in [3.63, 3.8) is 0 Å². The fraction of sp³-hybridized carbons (Fsp3) is 0.960. The lowest BCUT2D eigenvalue weighted by Crippen LogP contribution is -2.57. The summed E-state index contributed by atoms with van der Waals surface area (Å²) in [4.78, 5) is 11.7. The van der Waals surface area contributed by atoms with E-state index in [9.17, 15) is 9.90 Å². The molecule has 4 aliphatic rings. The van der Waals surface area contributed by atoms with Crippen LogP contribution in [0.2, 0.25) is 0 Å². The third-order valence-corrected chi connectivity index (χ3v) is 10.5. The highest BCUT2D eigenvalue weighted by Crippen LogP contribution is 2.68. The molecule has 0 saturated heterocycles. The number of hydrogen-bond acceptors (Lipinski definition) is 2. The van der Waals surface area contributed by atoms with Crippen molar-refractivity contribution in [3.05, 3.63) is 0 Å². The summed E-state index contributed by atoms with van der Waals surface area (Å²) in [5.41, 5.74) is 0.842. The van der Waals surface area contributed by atoms with Crippen LogP contribution in [0.3, 0.4) is 0 Å². The van der Waals surface area contributed by atoms with Crippen LogP contribution in [0.1, 0.15) is 91.4 Å². The van der Waals surface area contributed by atoms with Crippen molar-refractivity contribution < 1.29 is 9.90 Å². The van der Waals surface area contributed by atoms with Gasteiger partial charge in [-0.25, -0.2) is 0 Å². The number of nitrogens with one attached hydrogen (secondary N) is 1. The largest absolute Gasteiger partial charge is 0.393 e. The maximum atomic E-state index is 11.7. The molecule has 9 unspecified atom stereocenters. The van der Waals surface area contributed by atoms with Crippen molar-refractivity contribution >= 4 is 5.91 Å². The van der Waals surface area contributed by atoms with E-state index in [2.05, 4.69) is 26.1 Å². The van der Waals surface area contributed by atoms with Gasteiger partial charge in [0.2, 0.25) is 5.91 Å². The summed E-state index contributed by atoms with van der Waals surface area (Å²) in [6.45, 7) is 7.51. The number of aliphatic hydroxyl groups is 1. The minimum atomic E-state index is -0.0780. The van der Waals surface area contributed by atoms with Crippen LogP contribution < -0.4 is 5.32 Å². The van der Waals surface area contributed by atoms with Crippen LogP contribution in [0.25, 0.3) is 0 Å². The summed E-state index contributed by atoms with van der Waals surface area (Å²) in [6, 6.07) is 0. The van der Waals surface area contributed by atoms with E-state index in [1.807, 2.05) is 0 Å². The third-order valence-electron chi connectivity index (χ3n) is 10.5. The van der Waals surface area contributed by atoms with Crippen molar-refractivity contribution in [1.82, 2.24) is 5.32 Å². The van der Waals surface area contributed by atoms with E-state index in [4.69, 9.17) is 0 Å². The lowest BCUT2D eigenvalue weighted by molar-refractivity contribution is -0.164. The maximum Gasteiger partial charge on any atom is 0.219 e. The zero-order chi connectivity index (χ0) is 20.1. The monoisotopic (exact) mass is 389 g/mol. The molecule has 4 aliphatic carbocycles. The molecule has 3 nitrogen and oxygen atoms in total. The summed E-state index contributed by atoms with van der Waals surface area (Å²) in [5.74, 6) is 4.19. The highest BCUT2D eigenvalue weighted by Gasteiger charge is 2.62. The molecule has 28 heavy (non-hydrogen) atoms. The first kappa shape index (κ1) is 20.7. The van der Waals surface area contributed by atoms with Crippen LogP contribution in [-0.4, -0.2) is 24.2 Å². The van der Waals surface area contributed by atoms with Gasteiger partial charge in [0.05, 0.1) is 6.10 Å². The van der Waals surface area contributed by atoms with Crippen molar-refractivity contribution in [2.45, 2.75) is 97.5 Å². The van der Waals surface area contributed by atoms with Crippen molar-refractivity contribution in [2.24, 2.45) is 46.3 Å². The molecule has 1 amide bonds. The van der Waals surface area contributed by atoms with Gasteiger partial charge in [0.1, 0.15) is 0 Å². The Kier molecular flexibility index (Phi) is 5.61. The number of rotatable bonds is 4. The molecule has 0 aromatic rings. The third kappa shape index (κ3) is 3.15. The molecule has 0 spiro atoms. The van der Waals surface area contributed by atoms with Crippen LogP contribution in [-0.2, 0) is 4.79 Å². The highest BCUT2D eigenvalue weighted by molar-refractivity contribution is 5.75. The molecule has 0 bridgehead atoms. The summed E-state index contributed by atoms with van der Waals surface area (Å²) in [5, 5.41) is 14.1. The van der Waals surface area contributed by atoms with Gasteiger partial charge in [-0.2, -0.15) is 0 Å². The number of hydrogen-bond donors (Lipinski definition) is 2. The second kappa shape index (κ2) is 7.60. The molecule has 160 valence electrons.